The topological polar surface area (TPSA) is 45.3 Å². The van der Waals surface area contributed by atoms with Crippen LogP contribution in [0.2, 0.25) is 0 Å². The molecule has 5 rings (SSSR count). The van der Waals surface area contributed by atoms with E-state index in [1.807, 2.05) is 18.6 Å². The summed E-state index contributed by atoms with van der Waals surface area (Å²) in [6, 6.07) is 10.9. The predicted molar refractivity (Wildman–Crippen MR) is 96.4 cm³/mol. The molecule has 0 radical (unpaired) electrons. The highest BCUT2D eigenvalue weighted by Crippen LogP contribution is 2.39. The van der Waals surface area contributed by atoms with Crippen LogP contribution < -0.4 is 0 Å². The third-order valence-electron chi connectivity index (χ3n) is 5.21. The molecule has 25 heavy (non-hydrogen) atoms. The molecule has 4 nitrogen and oxygen atoms in total. The van der Waals surface area contributed by atoms with Gasteiger partial charge in [-0.3, -0.25) is 4.90 Å². The number of nitrogens with one attached hydrogen (secondary N) is 1. The van der Waals surface area contributed by atoms with E-state index in [1.54, 1.807) is 12.5 Å². The molecule has 1 aliphatic heterocycles. The average molecular weight is 332 g/mol. The Morgan fingerprint density at radius 2 is 2.00 bits per heavy atom. The number of aryl methyl sites for hydroxylation is 1. The summed E-state index contributed by atoms with van der Waals surface area (Å²) in [6.45, 7) is 4.02. The number of benzene rings is 1. The van der Waals surface area contributed by atoms with E-state index in [-0.39, 0.29) is 6.04 Å². The molecule has 0 spiro atoms. The van der Waals surface area contributed by atoms with Crippen LogP contribution in [0.5, 0.6) is 0 Å². The molecule has 0 saturated heterocycles. The molecule has 0 fully saturated rings. The summed E-state index contributed by atoms with van der Waals surface area (Å²) in [4.78, 5) is 6.17. The zero-order chi connectivity index (χ0) is 16.8. The molecule has 0 bridgehead atoms. The monoisotopic (exact) mass is 332 g/mol. The van der Waals surface area contributed by atoms with Gasteiger partial charge in [-0.2, -0.15) is 0 Å². The van der Waals surface area contributed by atoms with Crippen molar-refractivity contribution in [1.29, 1.82) is 0 Å². The Balaban J connectivity index is 1.64. The lowest BCUT2D eigenvalue weighted by Gasteiger charge is -2.35. The minimum absolute atomic E-state index is 0.171. The van der Waals surface area contributed by atoms with Gasteiger partial charge in [0.15, 0.2) is 0 Å². The van der Waals surface area contributed by atoms with Crippen LogP contribution in [0.3, 0.4) is 0 Å². The lowest BCUT2D eigenvalue weighted by Crippen LogP contribution is -2.35. The number of H-pyrrole nitrogens is 1. The Morgan fingerprint density at radius 1 is 1.12 bits per heavy atom. The average Bonchev–Trinajstić information content (AvgIpc) is 3.35. The number of aromatic amines is 1. The van der Waals surface area contributed by atoms with Gasteiger partial charge in [-0.1, -0.05) is 11.6 Å². The van der Waals surface area contributed by atoms with Gasteiger partial charge in [0, 0.05) is 40.8 Å². The van der Waals surface area contributed by atoms with Crippen molar-refractivity contribution < 1.29 is 8.83 Å². The lowest BCUT2D eigenvalue weighted by atomic mass is 9.93. The van der Waals surface area contributed by atoms with Crippen LogP contribution in [0, 0.1) is 6.92 Å². The Morgan fingerprint density at radius 3 is 2.80 bits per heavy atom. The quantitative estimate of drug-likeness (QED) is 0.585. The van der Waals surface area contributed by atoms with Crippen LogP contribution in [-0.4, -0.2) is 16.4 Å². The molecule has 0 saturated carbocycles. The highest BCUT2D eigenvalue weighted by atomic mass is 16.3. The fourth-order valence-electron chi connectivity index (χ4n) is 4.05. The molecule has 0 amide bonds. The van der Waals surface area contributed by atoms with Crippen molar-refractivity contribution in [2.75, 3.05) is 6.54 Å². The maximum Gasteiger partial charge on any atom is 0.0954 e. The van der Waals surface area contributed by atoms with Crippen molar-refractivity contribution in [3.8, 4) is 0 Å². The standard InChI is InChI=1S/C21H20N2O2/c1-14-2-3-19-18(10-14)17-4-7-23(11-15-5-8-24-12-15)21(20(17)22-19)16-6-9-25-13-16/h2-3,5-6,8-10,12-13,21-22H,4,7,11H2,1H3. The molecule has 4 heteroatoms. The van der Waals surface area contributed by atoms with E-state index in [0.29, 0.717) is 0 Å². The molecular weight excluding hydrogens is 312 g/mol. The summed E-state index contributed by atoms with van der Waals surface area (Å²) in [7, 11) is 0. The van der Waals surface area contributed by atoms with Crippen molar-refractivity contribution in [3.63, 3.8) is 0 Å². The fraction of sp³-hybridized carbons (Fsp3) is 0.238. The van der Waals surface area contributed by atoms with E-state index in [2.05, 4.69) is 41.1 Å². The molecule has 1 N–H and O–H groups in total. The van der Waals surface area contributed by atoms with Crippen molar-refractivity contribution in [2.45, 2.75) is 25.9 Å². The Labute approximate surface area is 146 Å². The number of hydrogen-bond donors (Lipinski definition) is 1. The summed E-state index contributed by atoms with van der Waals surface area (Å²) in [6.07, 6.45) is 8.23. The van der Waals surface area contributed by atoms with Gasteiger partial charge in [0.1, 0.15) is 0 Å². The summed E-state index contributed by atoms with van der Waals surface area (Å²) in [5.74, 6) is 0. The minimum atomic E-state index is 0.171. The van der Waals surface area contributed by atoms with Crippen molar-refractivity contribution in [1.82, 2.24) is 9.88 Å². The summed E-state index contributed by atoms with van der Waals surface area (Å²) in [5.41, 5.74) is 7.63. The smallest absolute Gasteiger partial charge is 0.0954 e. The van der Waals surface area contributed by atoms with E-state index in [0.717, 1.165) is 19.5 Å². The summed E-state index contributed by atoms with van der Waals surface area (Å²) >= 11 is 0. The second kappa shape index (κ2) is 5.67. The summed E-state index contributed by atoms with van der Waals surface area (Å²) < 4.78 is 10.7. The van der Waals surface area contributed by atoms with Gasteiger partial charge < -0.3 is 13.8 Å². The molecule has 4 aromatic rings. The Hall–Kier alpha value is -2.72. The second-order valence-corrected chi connectivity index (χ2v) is 6.88. The first kappa shape index (κ1) is 14.6. The van der Waals surface area contributed by atoms with Crippen LogP contribution in [0.1, 0.15) is 34.0 Å². The van der Waals surface area contributed by atoms with Crippen LogP contribution in [0.25, 0.3) is 10.9 Å². The normalized spacial score (nSPS) is 17.9. The minimum Gasteiger partial charge on any atom is -0.472 e. The molecule has 126 valence electrons. The second-order valence-electron chi connectivity index (χ2n) is 6.88. The maximum absolute atomic E-state index is 5.40. The van der Waals surface area contributed by atoms with Crippen LogP contribution >= 0.6 is 0 Å². The molecule has 3 aromatic heterocycles. The molecule has 0 aliphatic carbocycles. The van der Waals surface area contributed by atoms with Gasteiger partial charge in [0.25, 0.3) is 0 Å². The fourth-order valence-corrected chi connectivity index (χ4v) is 4.05. The number of nitrogens with zero attached hydrogens (tertiary/aromatic N) is 1. The van der Waals surface area contributed by atoms with E-state index < -0.39 is 0 Å². The number of fused-ring (bicyclic) bond motifs is 3. The van der Waals surface area contributed by atoms with Gasteiger partial charge in [-0.25, -0.2) is 0 Å². The molecule has 1 atom stereocenters. The highest BCUT2D eigenvalue weighted by molar-refractivity contribution is 5.86. The van der Waals surface area contributed by atoms with Crippen LogP contribution in [0.15, 0.2) is 64.2 Å². The van der Waals surface area contributed by atoms with E-state index in [9.17, 15) is 0 Å². The first-order valence-corrected chi connectivity index (χ1v) is 8.68. The van der Waals surface area contributed by atoms with E-state index in [4.69, 9.17) is 8.83 Å². The van der Waals surface area contributed by atoms with Gasteiger partial charge in [0.2, 0.25) is 0 Å². The molecule has 1 aromatic carbocycles. The van der Waals surface area contributed by atoms with Crippen LogP contribution in [0.4, 0.5) is 0 Å². The maximum atomic E-state index is 5.40. The van der Waals surface area contributed by atoms with Gasteiger partial charge in [-0.15, -0.1) is 0 Å². The van der Waals surface area contributed by atoms with Gasteiger partial charge in [-0.05, 0) is 43.2 Å². The molecule has 4 heterocycles. The van der Waals surface area contributed by atoms with Gasteiger partial charge in [0.05, 0.1) is 31.1 Å². The third-order valence-corrected chi connectivity index (χ3v) is 5.21. The molecule has 1 unspecified atom stereocenters. The lowest BCUT2D eigenvalue weighted by molar-refractivity contribution is 0.201. The number of hydrogen-bond acceptors (Lipinski definition) is 3. The zero-order valence-corrected chi connectivity index (χ0v) is 14.2. The number of rotatable bonds is 3. The number of furan rings is 2. The van der Waals surface area contributed by atoms with Crippen LogP contribution in [-0.2, 0) is 13.0 Å². The van der Waals surface area contributed by atoms with Gasteiger partial charge >= 0.3 is 0 Å². The largest absolute Gasteiger partial charge is 0.472 e. The SMILES string of the molecule is Cc1ccc2[nH]c3c(c2c1)CCN(Cc1ccoc1)C3c1ccoc1. The Kier molecular flexibility index (Phi) is 3.31. The Bertz CT molecular complexity index is 996. The highest BCUT2D eigenvalue weighted by Gasteiger charge is 2.32. The van der Waals surface area contributed by atoms with E-state index >= 15 is 0 Å². The first-order valence-electron chi connectivity index (χ1n) is 8.68. The van der Waals surface area contributed by atoms with Crippen molar-refractivity contribution in [3.05, 3.63) is 83.3 Å². The zero-order valence-electron chi connectivity index (χ0n) is 14.2. The molecule has 1 aliphatic rings. The first-order chi connectivity index (χ1) is 12.3. The van der Waals surface area contributed by atoms with Crippen molar-refractivity contribution >= 4 is 10.9 Å². The van der Waals surface area contributed by atoms with Crippen molar-refractivity contribution in [2.24, 2.45) is 0 Å². The number of aromatic nitrogens is 1. The third kappa shape index (κ3) is 2.41. The predicted octanol–water partition coefficient (Wildman–Crippen LogP) is 4.81. The summed E-state index contributed by atoms with van der Waals surface area (Å²) in [5, 5.41) is 1.35. The van der Waals surface area contributed by atoms with E-state index in [1.165, 1.54) is 38.9 Å². The molecular formula is C21H20N2O2.